The minimum Gasteiger partial charge on any atom is -0.337 e. The number of carbonyl (C=O) groups excluding carboxylic acids is 1. The monoisotopic (exact) mass is 395 g/mol. The molecular formula is C14H10BrF4NOS. The first-order valence-electron chi connectivity index (χ1n) is 6.05. The van der Waals surface area contributed by atoms with Crippen LogP contribution in [0.15, 0.2) is 34.1 Å². The van der Waals surface area contributed by atoms with Crippen molar-refractivity contribution in [2.24, 2.45) is 0 Å². The summed E-state index contributed by atoms with van der Waals surface area (Å²) in [6.45, 7) is 0.258. The number of thiophene rings is 1. The second-order valence-corrected chi connectivity index (χ2v) is 7.11. The van der Waals surface area contributed by atoms with Gasteiger partial charge in [0.05, 0.1) is 15.9 Å². The van der Waals surface area contributed by atoms with E-state index in [-0.39, 0.29) is 12.1 Å². The molecular weight excluding hydrogens is 386 g/mol. The van der Waals surface area contributed by atoms with Crippen molar-refractivity contribution >= 4 is 33.2 Å². The molecule has 0 saturated heterocycles. The fraction of sp³-hybridized carbons (Fsp3) is 0.214. The Labute approximate surface area is 136 Å². The highest BCUT2D eigenvalue weighted by Gasteiger charge is 2.34. The molecule has 1 aromatic heterocycles. The smallest absolute Gasteiger partial charge is 0.337 e. The van der Waals surface area contributed by atoms with Gasteiger partial charge in [-0.1, -0.05) is 0 Å². The first-order chi connectivity index (χ1) is 10.2. The molecule has 0 radical (unpaired) electrons. The van der Waals surface area contributed by atoms with E-state index in [1.165, 1.54) is 23.3 Å². The molecule has 0 fully saturated rings. The van der Waals surface area contributed by atoms with Crippen LogP contribution in [0.25, 0.3) is 0 Å². The summed E-state index contributed by atoms with van der Waals surface area (Å²) in [7, 11) is 1.48. The first kappa shape index (κ1) is 17.0. The molecule has 2 nitrogen and oxygen atoms in total. The summed E-state index contributed by atoms with van der Waals surface area (Å²) in [5, 5.41) is 0. The van der Waals surface area contributed by atoms with Crippen LogP contribution in [0.1, 0.15) is 20.8 Å². The molecule has 8 heteroatoms. The van der Waals surface area contributed by atoms with Gasteiger partial charge in [0.1, 0.15) is 5.82 Å². The zero-order chi connectivity index (χ0) is 16.5. The maximum Gasteiger partial charge on any atom is 0.419 e. The van der Waals surface area contributed by atoms with Crippen LogP contribution in [-0.4, -0.2) is 17.9 Å². The summed E-state index contributed by atoms with van der Waals surface area (Å²) in [6, 6.07) is 5.88. The fourth-order valence-corrected chi connectivity index (χ4v) is 3.37. The zero-order valence-corrected chi connectivity index (χ0v) is 13.6. The normalized spacial score (nSPS) is 11.5. The Bertz CT molecular complexity index is 698. The van der Waals surface area contributed by atoms with Crippen LogP contribution >= 0.6 is 27.3 Å². The van der Waals surface area contributed by atoms with E-state index >= 15 is 0 Å². The molecule has 2 aromatic rings. The molecule has 1 amide bonds. The summed E-state index contributed by atoms with van der Waals surface area (Å²) in [4.78, 5) is 14.3. The highest BCUT2D eigenvalue weighted by molar-refractivity contribution is 9.11. The predicted molar refractivity (Wildman–Crippen MR) is 79.2 cm³/mol. The molecule has 0 aliphatic carbocycles. The van der Waals surface area contributed by atoms with Crippen LogP contribution in [0.2, 0.25) is 0 Å². The Morgan fingerprint density at radius 1 is 1.27 bits per heavy atom. The first-order valence-corrected chi connectivity index (χ1v) is 7.66. The van der Waals surface area contributed by atoms with Gasteiger partial charge in [0.2, 0.25) is 0 Å². The maximum atomic E-state index is 13.2. The van der Waals surface area contributed by atoms with Gasteiger partial charge in [-0.05, 0) is 46.3 Å². The van der Waals surface area contributed by atoms with Crippen molar-refractivity contribution in [1.82, 2.24) is 4.90 Å². The predicted octanol–water partition coefficient (Wildman–Crippen LogP) is 4.94. The van der Waals surface area contributed by atoms with Gasteiger partial charge in [0.25, 0.3) is 5.91 Å². The van der Waals surface area contributed by atoms with E-state index in [9.17, 15) is 22.4 Å². The highest BCUT2D eigenvalue weighted by atomic mass is 79.9. The van der Waals surface area contributed by atoms with Crippen molar-refractivity contribution in [2.45, 2.75) is 12.7 Å². The number of nitrogens with zero attached hydrogens (tertiary/aromatic N) is 1. The molecule has 118 valence electrons. The molecule has 0 aliphatic rings. The van der Waals surface area contributed by atoms with Crippen molar-refractivity contribution in [3.63, 3.8) is 0 Å². The minimum absolute atomic E-state index is 0.202. The molecule has 1 aromatic carbocycles. The molecule has 0 unspecified atom stereocenters. The summed E-state index contributed by atoms with van der Waals surface area (Å²) in [6.07, 6.45) is -4.84. The average Bonchev–Trinajstić information content (AvgIpc) is 2.82. The molecule has 1 heterocycles. The number of carbonyl (C=O) groups is 1. The third-order valence-corrected chi connectivity index (χ3v) is 4.50. The number of benzene rings is 1. The molecule has 0 N–H and O–H groups in total. The number of rotatable bonds is 3. The number of alkyl halides is 3. The van der Waals surface area contributed by atoms with Gasteiger partial charge < -0.3 is 4.90 Å². The molecule has 0 aliphatic heterocycles. The molecule has 0 saturated carbocycles. The lowest BCUT2D eigenvalue weighted by atomic mass is 10.1. The fourth-order valence-electron chi connectivity index (χ4n) is 1.84. The lowest BCUT2D eigenvalue weighted by Gasteiger charge is -2.17. The van der Waals surface area contributed by atoms with E-state index in [0.29, 0.717) is 12.1 Å². The number of hydrogen-bond acceptors (Lipinski definition) is 2. The van der Waals surface area contributed by atoms with Crippen LogP contribution in [0.3, 0.4) is 0 Å². The topological polar surface area (TPSA) is 20.3 Å². The van der Waals surface area contributed by atoms with E-state index < -0.39 is 23.5 Å². The largest absolute Gasteiger partial charge is 0.419 e. The molecule has 0 spiro atoms. The standard InChI is InChI=1S/C14H10BrF4NOS/c1-20(7-9-3-5-12(15)22-9)13(21)8-2-4-11(16)10(6-8)14(17,18)19/h2-6H,7H2,1H3. The van der Waals surface area contributed by atoms with Gasteiger partial charge in [0.15, 0.2) is 0 Å². The van der Waals surface area contributed by atoms with E-state index in [0.717, 1.165) is 14.7 Å². The van der Waals surface area contributed by atoms with Crippen LogP contribution in [0.5, 0.6) is 0 Å². The number of halogens is 5. The molecule has 0 atom stereocenters. The van der Waals surface area contributed by atoms with Crippen LogP contribution in [-0.2, 0) is 12.7 Å². The summed E-state index contributed by atoms with van der Waals surface area (Å²) >= 11 is 4.71. The number of hydrogen-bond donors (Lipinski definition) is 0. The van der Waals surface area contributed by atoms with Crippen molar-refractivity contribution in [1.29, 1.82) is 0 Å². The van der Waals surface area contributed by atoms with Gasteiger partial charge in [-0.15, -0.1) is 11.3 Å². The highest BCUT2D eigenvalue weighted by Crippen LogP contribution is 2.32. The van der Waals surface area contributed by atoms with Crippen molar-refractivity contribution < 1.29 is 22.4 Å². The summed E-state index contributed by atoms with van der Waals surface area (Å²) < 4.78 is 52.1. The van der Waals surface area contributed by atoms with Crippen molar-refractivity contribution in [3.8, 4) is 0 Å². The van der Waals surface area contributed by atoms with Gasteiger partial charge in [-0.2, -0.15) is 13.2 Å². The number of amides is 1. The minimum atomic E-state index is -4.84. The molecule has 2 rings (SSSR count). The van der Waals surface area contributed by atoms with E-state index in [4.69, 9.17) is 0 Å². The van der Waals surface area contributed by atoms with Crippen molar-refractivity contribution in [2.75, 3.05) is 7.05 Å². The van der Waals surface area contributed by atoms with Gasteiger partial charge >= 0.3 is 6.18 Å². The lowest BCUT2D eigenvalue weighted by Crippen LogP contribution is -2.26. The van der Waals surface area contributed by atoms with E-state index in [1.54, 1.807) is 0 Å². The molecule has 0 bridgehead atoms. The third kappa shape index (κ3) is 3.86. The Morgan fingerprint density at radius 3 is 2.50 bits per heavy atom. The van der Waals surface area contributed by atoms with E-state index in [2.05, 4.69) is 15.9 Å². The third-order valence-electron chi connectivity index (χ3n) is 2.89. The van der Waals surface area contributed by atoms with Crippen molar-refractivity contribution in [3.05, 3.63) is 55.9 Å². The zero-order valence-electron chi connectivity index (χ0n) is 11.2. The van der Waals surface area contributed by atoms with Gasteiger partial charge in [0, 0.05) is 17.5 Å². The Kier molecular flexibility index (Phi) is 4.91. The van der Waals surface area contributed by atoms with E-state index in [1.807, 2.05) is 12.1 Å². The summed E-state index contributed by atoms with van der Waals surface area (Å²) in [5.74, 6) is -2.00. The van der Waals surface area contributed by atoms with Gasteiger partial charge in [-0.25, -0.2) is 4.39 Å². The SMILES string of the molecule is CN(Cc1ccc(Br)s1)C(=O)c1ccc(F)c(C(F)(F)F)c1. The summed E-state index contributed by atoms with van der Waals surface area (Å²) in [5.41, 5.74) is -1.64. The van der Waals surface area contributed by atoms with Gasteiger partial charge in [-0.3, -0.25) is 4.79 Å². The average molecular weight is 396 g/mol. The van der Waals surface area contributed by atoms with Crippen LogP contribution < -0.4 is 0 Å². The second kappa shape index (κ2) is 6.37. The van der Waals surface area contributed by atoms with Crippen LogP contribution in [0.4, 0.5) is 17.6 Å². The second-order valence-electron chi connectivity index (χ2n) is 4.56. The quantitative estimate of drug-likeness (QED) is 0.673. The Morgan fingerprint density at radius 2 is 1.95 bits per heavy atom. The van der Waals surface area contributed by atoms with Crippen LogP contribution in [0, 0.1) is 5.82 Å². The maximum absolute atomic E-state index is 13.2. The Balaban J connectivity index is 2.22. The molecule has 22 heavy (non-hydrogen) atoms. The lowest BCUT2D eigenvalue weighted by molar-refractivity contribution is -0.140. The Hall–Kier alpha value is -1.41.